The van der Waals surface area contributed by atoms with Gasteiger partial charge in [-0.2, -0.15) is 0 Å². The largest absolute Gasteiger partial charge is 0.394 e. The molecule has 0 bridgehead atoms. The number of benzene rings is 2. The van der Waals surface area contributed by atoms with Crippen molar-refractivity contribution in [1.82, 2.24) is 0 Å². The Balaban J connectivity index is 1.93. The quantitative estimate of drug-likeness (QED) is 0.308. The first-order valence-corrected chi connectivity index (χ1v) is 12.1. The number of methoxy groups -OCH3 is 1. The lowest BCUT2D eigenvalue weighted by molar-refractivity contribution is -0.232. The number of hydrogen-bond donors (Lipinski definition) is 5. The van der Waals surface area contributed by atoms with Crippen molar-refractivity contribution in [2.45, 2.75) is 63.0 Å². The van der Waals surface area contributed by atoms with Crippen molar-refractivity contribution in [2.75, 3.05) is 26.9 Å². The molecule has 1 saturated heterocycles. The fourth-order valence-electron chi connectivity index (χ4n) is 4.22. The first kappa shape index (κ1) is 28.0. The van der Waals surface area contributed by atoms with E-state index in [1.54, 1.807) is 12.1 Å². The lowest BCUT2D eigenvalue weighted by atomic mass is 9.87. The maximum atomic E-state index is 10.7. The van der Waals surface area contributed by atoms with Crippen LogP contribution in [0.2, 0.25) is 5.02 Å². The van der Waals surface area contributed by atoms with Crippen molar-refractivity contribution >= 4 is 11.6 Å². The molecule has 35 heavy (non-hydrogen) atoms. The van der Waals surface area contributed by atoms with Crippen LogP contribution in [0.1, 0.15) is 40.8 Å². The molecule has 194 valence electrons. The number of ether oxygens (including phenoxy) is 3. The van der Waals surface area contributed by atoms with Gasteiger partial charge in [0.15, 0.2) is 0 Å². The zero-order valence-electron chi connectivity index (χ0n) is 20.0. The van der Waals surface area contributed by atoms with Crippen LogP contribution in [-0.4, -0.2) is 83.0 Å². The summed E-state index contributed by atoms with van der Waals surface area (Å²) in [5, 5.41) is 51.3. The van der Waals surface area contributed by atoms with E-state index in [-0.39, 0.29) is 19.8 Å². The topological polar surface area (TPSA) is 129 Å². The van der Waals surface area contributed by atoms with E-state index in [9.17, 15) is 25.5 Å². The molecule has 2 aromatic carbocycles. The van der Waals surface area contributed by atoms with Crippen LogP contribution in [0.3, 0.4) is 0 Å². The fourth-order valence-corrected chi connectivity index (χ4v) is 4.47. The lowest BCUT2D eigenvalue weighted by Crippen LogP contribution is -2.55. The van der Waals surface area contributed by atoms with Crippen LogP contribution in [-0.2, 0) is 33.7 Å². The summed E-state index contributed by atoms with van der Waals surface area (Å²) in [6.07, 6.45) is -5.83. The summed E-state index contributed by atoms with van der Waals surface area (Å²) in [5.74, 6) is 0. The Hall–Kier alpha value is -1.59. The Bertz CT molecular complexity index is 936. The van der Waals surface area contributed by atoms with E-state index in [0.717, 1.165) is 17.5 Å². The molecule has 1 heterocycles. The van der Waals surface area contributed by atoms with Crippen molar-refractivity contribution in [1.29, 1.82) is 0 Å². The van der Waals surface area contributed by atoms with Crippen LogP contribution >= 0.6 is 11.6 Å². The molecule has 0 radical (unpaired) electrons. The highest BCUT2D eigenvalue weighted by molar-refractivity contribution is 6.31. The molecular formula is C26H35ClO8. The van der Waals surface area contributed by atoms with Crippen LogP contribution < -0.4 is 0 Å². The summed E-state index contributed by atoms with van der Waals surface area (Å²) in [4.78, 5) is 0. The van der Waals surface area contributed by atoms with Crippen molar-refractivity contribution in [2.24, 2.45) is 0 Å². The minimum absolute atomic E-state index is 0.0190. The molecule has 0 aromatic heterocycles. The molecule has 8 nitrogen and oxygen atoms in total. The molecule has 0 aliphatic carbocycles. The Kier molecular flexibility index (Phi) is 10.5. The van der Waals surface area contributed by atoms with E-state index in [2.05, 4.69) is 19.1 Å². The SMILES string of the molecule is CCc1ccc(Cc2cc([C@@H]3O[C@H](CO)[C@@H](O)[C@H](O)[C@H]3O)c(COCC(O)COC)cc2Cl)cc1. The predicted octanol–water partition coefficient (Wildman–Crippen LogP) is 1.53. The number of halogens is 1. The Morgan fingerprint density at radius 3 is 2.29 bits per heavy atom. The molecule has 0 spiro atoms. The van der Waals surface area contributed by atoms with Crippen molar-refractivity contribution in [3.63, 3.8) is 0 Å². The molecule has 1 aliphatic heterocycles. The van der Waals surface area contributed by atoms with Gasteiger partial charge in [-0.3, -0.25) is 0 Å². The summed E-state index contributed by atoms with van der Waals surface area (Å²) in [6.45, 7) is 1.76. The average Bonchev–Trinajstić information content (AvgIpc) is 2.85. The summed E-state index contributed by atoms with van der Waals surface area (Å²) in [7, 11) is 1.48. The third-order valence-electron chi connectivity index (χ3n) is 6.26. The number of aliphatic hydroxyl groups excluding tert-OH is 5. The van der Waals surface area contributed by atoms with Crippen molar-refractivity contribution in [3.8, 4) is 0 Å². The molecular weight excluding hydrogens is 476 g/mol. The monoisotopic (exact) mass is 510 g/mol. The summed E-state index contributed by atoms with van der Waals surface area (Å²) in [6, 6.07) is 11.7. The number of aryl methyl sites for hydroxylation is 1. The van der Waals surface area contributed by atoms with Crippen LogP contribution in [0.5, 0.6) is 0 Å². The molecule has 3 rings (SSSR count). The van der Waals surface area contributed by atoms with E-state index >= 15 is 0 Å². The van der Waals surface area contributed by atoms with Gasteiger partial charge in [0.25, 0.3) is 0 Å². The standard InChI is InChI=1S/C26H35ClO8/c1-3-15-4-6-16(7-5-15)8-17-9-20(26-25(32)24(31)23(30)22(11-28)35-26)18(10-21(17)27)12-34-14-19(29)13-33-2/h4-7,9-10,19,22-26,28-32H,3,8,11-14H2,1-2H3/t19?,22-,23-,24+,25-,26+/m1/s1. The second-order valence-corrected chi connectivity index (χ2v) is 9.27. The van der Waals surface area contributed by atoms with Crippen LogP contribution in [0.4, 0.5) is 0 Å². The molecule has 2 aromatic rings. The third kappa shape index (κ3) is 7.01. The molecule has 0 saturated carbocycles. The van der Waals surface area contributed by atoms with E-state index < -0.39 is 43.2 Å². The highest BCUT2D eigenvalue weighted by atomic mass is 35.5. The Labute approximate surface area is 210 Å². The van der Waals surface area contributed by atoms with E-state index in [1.807, 2.05) is 12.1 Å². The highest BCUT2D eigenvalue weighted by Gasteiger charge is 2.44. The first-order chi connectivity index (χ1) is 16.8. The van der Waals surface area contributed by atoms with Crippen molar-refractivity contribution in [3.05, 3.63) is 69.2 Å². The molecule has 6 atom stereocenters. The predicted molar refractivity (Wildman–Crippen MR) is 130 cm³/mol. The third-order valence-corrected chi connectivity index (χ3v) is 6.61. The second-order valence-electron chi connectivity index (χ2n) is 8.86. The van der Waals surface area contributed by atoms with Gasteiger partial charge in [-0.25, -0.2) is 0 Å². The van der Waals surface area contributed by atoms with Crippen molar-refractivity contribution < 1.29 is 39.7 Å². The van der Waals surface area contributed by atoms with Gasteiger partial charge in [0.05, 0.1) is 26.4 Å². The molecule has 0 amide bonds. The van der Waals surface area contributed by atoms with Gasteiger partial charge in [-0.1, -0.05) is 48.9 Å². The van der Waals surface area contributed by atoms with Gasteiger partial charge >= 0.3 is 0 Å². The van der Waals surface area contributed by atoms with Crippen LogP contribution in [0, 0.1) is 0 Å². The maximum Gasteiger partial charge on any atom is 0.113 e. The van der Waals surface area contributed by atoms with Gasteiger partial charge in [-0.05, 0) is 46.7 Å². The minimum Gasteiger partial charge on any atom is -0.394 e. The number of aliphatic hydroxyl groups is 5. The van der Waals surface area contributed by atoms with Gasteiger partial charge < -0.3 is 39.7 Å². The molecule has 1 fully saturated rings. The van der Waals surface area contributed by atoms with E-state index in [4.69, 9.17) is 25.8 Å². The molecule has 1 unspecified atom stereocenters. The Morgan fingerprint density at radius 2 is 1.66 bits per heavy atom. The minimum atomic E-state index is -1.51. The molecule has 1 aliphatic rings. The van der Waals surface area contributed by atoms with Gasteiger partial charge in [-0.15, -0.1) is 0 Å². The number of rotatable bonds is 11. The Morgan fingerprint density at radius 1 is 0.971 bits per heavy atom. The van der Waals surface area contributed by atoms with Gasteiger partial charge in [0, 0.05) is 12.1 Å². The summed E-state index contributed by atoms with van der Waals surface area (Å²) < 4.78 is 16.4. The number of hydrogen-bond acceptors (Lipinski definition) is 8. The smallest absolute Gasteiger partial charge is 0.113 e. The van der Waals surface area contributed by atoms with Gasteiger partial charge in [0.1, 0.15) is 36.6 Å². The lowest BCUT2D eigenvalue weighted by Gasteiger charge is -2.41. The second kappa shape index (κ2) is 13.1. The average molecular weight is 511 g/mol. The first-order valence-electron chi connectivity index (χ1n) is 11.7. The van der Waals surface area contributed by atoms with E-state index in [0.29, 0.717) is 22.6 Å². The van der Waals surface area contributed by atoms with Crippen LogP contribution in [0.25, 0.3) is 0 Å². The fraction of sp³-hybridized carbons (Fsp3) is 0.538. The van der Waals surface area contributed by atoms with Crippen LogP contribution in [0.15, 0.2) is 36.4 Å². The zero-order valence-corrected chi connectivity index (χ0v) is 20.8. The summed E-state index contributed by atoms with van der Waals surface area (Å²) >= 11 is 6.63. The highest BCUT2D eigenvalue weighted by Crippen LogP contribution is 2.37. The molecule has 9 heteroatoms. The normalized spacial score (nSPS) is 25.5. The maximum absolute atomic E-state index is 10.7. The zero-order chi connectivity index (χ0) is 25.5. The molecule has 5 N–H and O–H groups in total. The summed E-state index contributed by atoms with van der Waals surface area (Å²) in [5.41, 5.74) is 4.17. The van der Waals surface area contributed by atoms with Gasteiger partial charge in [0.2, 0.25) is 0 Å². The van der Waals surface area contributed by atoms with E-state index in [1.165, 1.54) is 12.7 Å².